The fourth-order valence-electron chi connectivity index (χ4n) is 4.10. The van der Waals surface area contributed by atoms with Gasteiger partial charge < -0.3 is 29.7 Å². The molecule has 1 atom stereocenters. The molecule has 0 bridgehead atoms. The van der Waals surface area contributed by atoms with Gasteiger partial charge in [0.25, 0.3) is 10.1 Å². The molecule has 5 rings (SSSR count). The number of nitrogens with zero attached hydrogens (tertiary/aromatic N) is 6. The van der Waals surface area contributed by atoms with Gasteiger partial charge in [0.1, 0.15) is 34.0 Å². The number of ether oxygens (including phenoxy) is 1. The summed E-state index contributed by atoms with van der Waals surface area (Å²) in [7, 11) is -3.08. The van der Waals surface area contributed by atoms with E-state index in [2.05, 4.69) is 34.9 Å². The van der Waals surface area contributed by atoms with E-state index in [-0.39, 0.29) is 88.6 Å². The molecule has 0 aliphatic heterocycles. The predicted molar refractivity (Wildman–Crippen MR) is 178 cm³/mol. The van der Waals surface area contributed by atoms with Crippen LogP contribution in [-0.2, 0) is 80.3 Å². The van der Waals surface area contributed by atoms with Crippen LogP contribution in [0.4, 0.5) is 22.7 Å². The number of carboxylic acid groups (broad SMARTS) is 1. The molecule has 0 saturated carbocycles. The normalized spacial score (nSPS) is 11.8. The van der Waals surface area contributed by atoms with Gasteiger partial charge in [0, 0.05) is 67.5 Å². The van der Waals surface area contributed by atoms with Gasteiger partial charge in [-0.25, -0.2) is 14.3 Å². The smallest absolute Gasteiger partial charge is 0.358 e. The first kappa shape index (κ1) is 45.3. The van der Waals surface area contributed by atoms with Crippen molar-refractivity contribution >= 4 is 72.7 Å². The van der Waals surface area contributed by atoms with Gasteiger partial charge in [0.2, 0.25) is 11.6 Å². The van der Waals surface area contributed by atoms with Crippen molar-refractivity contribution in [3.05, 3.63) is 72.4 Å². The third kappa shape index (κ3) is 11.5. The molecular formula is C28H24CuN6O14S3Y. The topological polar surface area (TPSA) is 305 Å². The van der Waals surface area contributed by atoms with Crippen molar-refractivity contribution in [1.82, 2.24) is 9.78 Å². The van der Waals surface area contributed by atoms with Gasteiger partial charge in [-0.15, -0.1) is 19.7 Å². The Hall–Kier alpha value is -3.91. The van der Waals surface area contributed by atoms with E-state index in [1.807, 2.05) is 0 Å². The van der Waals surface area contributed by atoms with E-state index in [9.17, 15) is 38.2 Å². The summed E-state index contributed by atoms with van der Waals surface area (Å²) in [4.78, 5) is 11.6. The van der Waals surface area contributed by atoms with E-state index in [4.69, 9.17) is 18.8 Å². The van der Waals surface area contributed by atoms with Crippen LogP contribution >= 0.6 is 12.0 Å². The van der Waals surface area contributed by atoms with Gasteiger partial charge in [0.05, 0.1) is 40.3 Å². The Balaban J connectivity index is 0.00000154. The molecule has 0 saturated heterocycles. The zero-order valence-corrected chi connectivity index (χ0v) is 32.9. The van der Waals surface area contributed by atoms with Gasteiger partial charge in [-0.05, 0) is 60.0 Å². The van der Waals surface area contributed by atoms with E-state index < -0.39 is 55.1 Å². The third-order valence-corrected chi connectivity index (χ3v) is 7.80. The molecule has 53 heavy (non-hydrogen) atoms. The fourth-order valence-corrected chi connectivity index (χ4v) is 5.08. The Labute approximate surface area is 341 Å². The minimum Gasteiger partial charge on any atom is -0.506 e. The Morgan fingerprint density at radius 1 is 0.943 bits per heavy atom. The maximum absolute atomic E-state index is 11.9. The predicted octanol–water partition coefficient (Wildman–Crippen LogP) is 6.19. The quantitative estimate of drug-likeness (QED) is 0.0148. The van der Waals surface area contributed by atoms with E-state index in [1.54, 1.807) is 0 Å². The molecule has 20 nitrogen and oxygen atoms in total. The van der Waals surface area contributed by atoms with Crippen molar-refractivity contribution in [1.29, 1.82) is 0 Å². The van der Waals surface area contributed by atoms with Crippen molar-refractivity contribution < 1.29 is 116 Å². The molecule has 282 valence electrons. The van der Waals surface area contributed by atoms with Crippen molar-refractivity contribution in [3.8, 4) is 28.8 Å². The monoisotopic (exact) mass is 916 g/mol. The minimum absolute atomic E-state index is 0. The molecule has 2 radical (unpaired) electrons. The fraction of sp³-hybridized carbons (Fsp3) is 0.0714. The Bertz CT molecular complexity index is 2290. The molecule has 1 unspecified atom stereocenters. The van der Waals surface area contributed by atoms with Crippen molar-refractivity contribution in [3.63, 3.8) is 0 Å². The number of fused-ring (bicyclic) bond motifs is 1. The Morgan fingerprint density at radius 2 is 1.58 bits per heavy atom. The van der Waals surface area contributed by atoms with Crippen LogP contribution in [0, 0.1) is 0 Å². The van der Waals surface area contributed by atoms with Crippen molar-refractivity contribution in [2.75, 3.05) is 13.4 Å². The Kier molecular flexibility index (Phi) is 17.0. The second-order valence-corrected chi connectivity index (χ2v) is 12.6. The van der Waals surface area contributed by atoms with Crippen LogP contribution in [0.3, 0.4) is 0 Å². The van der Waals surface area contributed by atoms with Crippen LogP contribution in [-0.4, -0.2) is 76.5 Å². The number of phenols is 2. The molecule has 5 aromatic rings. The summed E-state index contributed by atoms with van der Waals surface area (Å²) < 4.78 is 58.9. The van der Waals surface area contributed by atoms with Crippen LogP contribution < -0.4 is 4.74 Å². The summed E-state index contributed by atoms with van der Waals surface area (Å²) in [5.74, 6) is -2.60. The summed E-state index contributed by atoms with van der Waals surface area (Å²) in [6.45, 7) is 0. The number of aromatic carboxylic acids is 1. The maximum Gasteiger partial charge on any atom is 0.358 e. The number of hydrogen-bond acceptors (Lipinski definition) is 17. The first-order valence-corrected chi connectivity index (χ1v) is 17.1. The number of phenolic OH excluding ortho intramolecular Hbond substituents is 2. The molecule has 0 fully saturated rings. The molecule has 4 aromatic carbocycles. The molecule has 7 N–H and O–H groups in total. The number of carbonyl (C=O) groups is 1. The van der Waals surface area contributed by atoms with Gasteiger partial charge in [0.15, 0.2) is 11.4 Å². The summed E-state index contributed by atoms with van der Waals surface area (Å²) in [5.41, 5.74) is -1.26. The third-order valence-electron chi connectivity index (χ3n) is 6.31. The molecule has 0 aliphatic carbocycles. The van der Waals surface area contributed by atoms with E-state index in [0.717, 1.165) is 16.8 Å². The summed E-state index contributed by atoms with van der Waals surface area (Å²) in [6, 6.07) is 14.5. The summed E-state index contributed by atoms with van der Waals surface area (Å²) in [6.07, 6.45) is 1.19. The average Bonchev–Trinajstić information content (AvgIpc) is 3.42. The number of benzene rings is 4. The van der Waals surface area contributed by atoms with Gasteiger partial charge in [-0.2, -0.15) is 23.3 Å². The number of azo groups is 2. The molecule has 0 aliphatic rings. The molecule has 1 aromatic heterocycles. The molecule has 0 spiro atoms. The SMILES string of the molecule is COc1ccc(O)c(N=Nc2c(SOOO)cc3ccc(N=Nc4c(C(=O)O)nn(-c5ccc(S(=O)(=O)O)cc5)c4O)cc3c2O)c1.CS(=O)O.[Cu].[Y]. The standard InChI is InChI=1S/C27H20N6O12S2.CH4O2S.Cu.Y/c1-43-16-6-9-20(34)19(12-16)29-30-22-21(46-45-44-39)10-13-2-3-14(11-18(13)25(22)35)28-31-23-24(27(37)38)32-33(26(23)36)15-4-7-17(8-5-15)47(40,41)42;1-4(2)3;;/h2-12,34-36,39H,1H3,(H,37,38)(H,40,41,42);1H3,(H,2,3);;. The van der Waals surface area contributed by atoms with E-state index in [1.165, 1.54) is 68.0 Å². The van der Waals surface area contributed by atoms with E-state index >= 15 is 0 Å². The average molecular weight is 917 g/mol. The van der Waals surface area contributed by atoms with Crippen LogP contribution in [0.25, 0.3) is 16.5 Å². The Morgan fingerprint density at radius 3 is 2.17 bits per heavy atom. The largest absolute Gasteiger partial charge is 0.506 e. The number of aromatic nitrogens is 2. The van der Waals surface area contributed by atoms with E-state index in [0.29, 0.717) is 23.2 Å². The molecule has 1 heterocycles. The van der Waals surface area contributed by atoms with Crippen molar-refractivity contribution in [2.45, 2.75) is 9.79 Å². The van der Waals surface area contributed by atoms with Crippen LogP contribution in [0.15, 0.2) is 97.0 Å². The maximum atomic E-state index is 11.9. The minimum atomic E-state index is -4.50. The second kappa shape index (κ2) is 20.0. The van der Waals surface area contributed by atoms with Gasteiger partial charge in [-0.1, -0.05) is 11.1 Å². The molecular weight excluding hydrogens is 893 g/mol. The van der Waals surface area contributed by atoms with Crippen LogP contribution in [0.1, 0.15) is 10.5 Å². The zero-order chi connectivity index (χ0) is 37.5. The summed E-state index contributed by atoms with van der Waals surface area (Å²) >= 11 is -1.12. The zero-order valence-electron chi connectivity index (χ0n) is 26.6. The first-order valence-electron chi connectivity index (χ1n) is 13.4. The number of hydrogen-bond donors (Lipinski definition) is 7. The number of rotatable bonds is 11. The molecule has 25 heteroatoms. The first-order chi connectivity index (χ1) is 24.1. The number of methoxy groups -OCH3 is 1. The number of carboxylic acids is 1. The molecule has 0 amide bonds. The van der Waals surface area contributed by atoms with Crippen LogP contribution in [0.2, 0.25) is 0 Å². The second-order valence-electron chi connectivity index (χ2n) is 9.59. The van der Waals surface area contributed by atoms with Crippen molar-refractivity contribution in [2.24, 2.45) is 20.5 Å². The summed E-state index contributed by atoms with van der Waals surface area (Å²) in [5, 5.41) is 74.4. The number of aromatic hydroxyl groups is 3. The van der Waals surface area contributed by atoms with Gasteiger partial charge >= 0.3 is 5.97 Å². The van der Waals surface area contributed by atoms with Crippen LogP contribution in [0.5, 0.6) is 23.1 Å². The van der Waals surface area contributed by atoms with Gasteiger partial charge in [-0.3, -0.25) is 4.55 Å².